The van der Waals surface area contributed by atoms with Crippen molar-refractivity contribution in [3.63, 3.8) is 0 Å². The topological polar surface area (TPSA) is 89.2 Å². The molecule has 4 rings (SSSR count). The monoisotopic (exact) mass is 395 g/mol. The Balaban J connectivity index is 1.94. The Kier molecular flexibility index (Phi) is 4.98. The molecule has 0 saturated heterocycles. The predicted molar refractivity (Wildman–Crippen MR) is 107 cm³/mol. The van der Waals surface area contributed by atoms with Gasteiger partial charge in [-0.1, -0.05) is 18.2 Å². The Morgan fingerprint density at radius 3 is 2.72 bits per heavy atom. The number of amides is 1. The van der Waals surface area contributed by atoms with Crippen LogP contribution in [0.5, 0.6) is 11.5 Å². The Hall–Kier alpha value is -3.32. The van der Waals surface area contributed by atoms with E-state index >= 15 is 0 Å². The fourth-order valence-electron chi connectivity index (χ4n) is 3.71. The van der Waals surface area contributed by atoms with Crippen LogP contribution in [0.25, 0.3) is 11.0 Å². The third-order valence-electron chi connectivity index (χ3n) is 5.01. The van der Waals surface area contributed by atoms with Crippen LogP contribution in [0.4, 0.5) is 0 Å². The molecule has 3 aromatic rings. The van der Waals surface area contributed by atoms with E-state index in [-0.39, 0.29) is 35.0 Å². The van der Waals surface area contributed by atoms with Crippen LogP contribution in [0.3, 0.4) is 0 Å². The molecular formula is C22H21NO6. The second kappa shape index (κ2) is 7.60. The van der Waals surface area contributed by atoms with Crippen molar-refractivity contribution in [2.24, 2.45) is 0 Å². The number of ether oxygens (including phenoxy) is 2. The molecule has 1 aromatic heterocycles. The number of hydrogen-bond donors (Lipinski definition) is 1. The van der Waals surface area contributed by atoms with Crippen molar-refractivity contribution < 1.29 is 23.8 Å². The Labute approximate surface area is 167 Å². The highest BCUT2D eigenvalue weighted by Gasteiger charge is 2.42. The van der Waals surface area contributed by atoms with Crippen LogP contribution >= 0.6 is 0 Å². The van der Waals surface area contributed by atoms with Gasteiger partial charge in [0.25, 0.3) is 5.91 Å². The van der Waals surface area contributed by atoms with E-state index < -0.39 is 6.04 Å². The summed E-state index contributed by atoms with van der Waals surface area (Å²) in [4.78, 5) is 28.0. The second-order valence-corrected chi connectivity index (χ2v) is 6.72. The van der Waals surface area contributed by atoms with Gasteiger partial charge >= 0.3 is 0 Å². The molecule has 2 aromatic carbocycles. The molecule has 1 amide bonds. The van der Waals surface area contributed by atoms with Crippen LogP contribution in [0, 0.1) is 0 Å². The highest BCUT2D eigenvalue weighted by Crippen LogP contribution is 2.40. The molecule has 1 unspecified atom stereocenters. The summed E-state index contributed by atoms with van der Waals surface area (Å²) in [6.45, 7) is 2.77. The maximum Gasteiger partial charge on any atom is 0.290 e. The van der Waals surface area contributed by atoms with Crippen LogP contribution in [0.1, 0.15) is 34.6 Å². The van der Waals surface area contributed by atoms with Crippen molar-refractivity contribution in [3.8, 4) is 11.5 Å². The molecule has 0 fully saturated rings. The van der Waals surface area contributed by atoms with Crippen molar-refractivity contribution in [1.82, 2.24) is 4.90 Å². The molecule has 0 aliphatic carbocycles. The van der Waals surface area contributed by atoms with Crippen LogP contribution in [-0.2, 0) is 4.74 Å². The minimum Gasteiger partial charge on any atom is -0.504 e. The molecule has 0 spiro atoms. The summed E-state index contributed by atoms with van der Waals surface area (Å²) in [5.41, 5.74) is 1.07. The SMILES string of the molecule is CCOc1cc(C2c3c(oc4ccccc4c3=O)C(=O)N2CCOC)ccc1O. The normalized spacial score (nSPS) is 15.7. The largest absolute Gasteiger partial charge is 0.504 e. The third kappa shape index (κ3) is 3.13. The van der Waals surface area contributed by atoms with Gasteiger partial charge in [-0.3, -0.25) is 9.59 Å². The number of fused-ring (bicyclic) bond motifs is 2. The van der Waals surface area contributed by atoms with Crippen LogP contribution in [0.15, 0.2) is 51.7 Å². The molecular weight excluding hydrogens is 374 g/mol. The second-order valence-electron chi connectivity index (χ2n) is 6.72. The number of para-hydroxylation sites is 1. The summed E-state index contributed by atoms with van der Waals surface area (Å²) in [6.07, 6.45) is 0. The van der Waals surface area contributed by atoms with Gasteiger partial charge < -0.3 is 23.9 Å². The van der Waals surface area contributed by atoms with E-state index in [1.165, 1.54) is 6.07 Å². The minimum atomic E-state index is -0.659. The van der Waals surface area contributed by atoms with Gasteiger partial charge in [-0.2, -0.15) is 0 Å². The molecule has 29 heavy (non-hydrogen) atoms. The molecule has 2 heterocycles. The van der Waals surface area contributed by atoms with Gasteiger partial charge in [0.1, 0.15) is 5.58 Å². The highest BCUT2D eigenvalue weighted by atomic mass is 16.5. The average molecular weight is 395 g/mol. The summed E-state index contributed by atoms with van der Waals surface area (Å²) in [5, 5.41) is 10.5. The molecule has 0 bridgehead atoms. The highest BCUT2D eigenvalue weighted by molar-refractivity contribution is 5.99. The van der Waals surface area contributed by atoms with E-state index in [0.29, 0.717) is 35.5 Å². The van der Waals surface area contributed by atoms with E-state index in [9.17, 15) is 14.7 Å². The first-order valence-corrected chi connectivity index (χ1v) is 9.38. The molecule has 7 heteroatoms. The molecule has 7 nitrogen and oxygen atoms in total. The van der Waals surface area contributed by atoms with E-state index in [1.807, 2.05) is 6.92 Å². The number of methoxy groups -OCH3 is 1. The number of carbonyl (C=O) groups is 1. The quantitative estimate of drug-likeness (QED) is 0.690. The Morgan fingerprint density at radius 1 is 1.17 bits per heavy atom. The fourth-order valence-corrected chi connectivity index (χ4v) is 3.71. The van der Waals surface area contributed by atoms with Gasteiger partial charge in [0.15, 0.2) is 16.9 Å². The molecule has 1 aliphatic heterocycles. The molecule has 150 valence electrons. The zero-order valence-corrected chi connectivity index (χ0v) is 16.2. The summed E-state index contributed by atoms with van der Waals surface area (Å²) in [5.74, 6) is -0.0336. The average Bonchev–Trinajstić information content (AvgIpc) is 3.00. The first-order valence-electron chi connectivity index (χ1n) is 9.38. The lowest BCUT2D eigenvalue weighted by Crippen LogP contribution is -2.32. The number of phenolic OH excluding ortho intramolecular Hbond substituents is 1. The zero-order valence-electron chi connectivity index (χ0n) is 16.2. The van der Waals surface area contributed by atoms with Gasteiger partial charge in [0.2, 0.25) is 5.76 Å². The standard InChI is InChI=1S/C22H21NO6/c1-3-28-17-12-13(8-9-15(17)24)19-18-20(25)14-6-4-5-7-16(14)29-21(18)22(26)23(19)10-11-27-2/h4-9,12,19,24H,3,10-11H2,1-2H3. The minimum absolute atomic E-state index is 0.00543. The summed E-state index contributed by atoms with van der Waals surface area (Å²) < 4.78 is 16.5. The fraction of sp³-hybridized carbons (Fsp3) is 0.273. The van der Waals surface area contributed by atoms with Gasteiger partial charge in [-0.25, -0.2) is 0 Å². The number of hydrogen-bond acceptors (Lipinski definition) is 6. The van der Waals surface area contributed by atoms with Crippen molar-refractivity contribution in [2.45, 2.75) is 13.0 Å². The van der Waals surface area contributed by atoms with Gasteiger partial charge in [-0.05, 0) is 36.8 Å². The first kappa shape index (κ1) is 19.0. The van der Waals surface area contributed by atoms with Crippen molar-refractivity contribution >= 4 is 16.9 Å². The number of carbonyl (C=O) groups excluding carboxylic acids is 1. The van der Waals surface area contributed by atoms with Gasteiger partial charge in [0.05, 0.1) is 30.2 Å². The van der Waals surface area contributed by atoms with E-state index in [1.54, 1.807) is 48.4 Å². The van der Waals surface area contributed by atoms with Crippen molar-refractivity contribution in [1.29, 1.82) is 0 Å². The Morgan fingerprint density at radius 2 is 1.97 bits per heavy atom. The number of rotatable bonds is 6. The van der Waals surface area contributed by atoms with Gasteiger partial charge in [0, 0.05) is 13.7 Å². The zero-order chi connectivity index (χ0) is 20.5. The maximum atomic E-state index is 13.3. The van der Waals surface area contributed by atoms with E-state index in [4.69, 9.17) is 13.9 Å². The molecule has 1 aliphatic rings. The lowest BCUT2D eigenvalue weighted by atomic mass is 9.98. The number of phenols is 1. The van der Waals surface area contributed by atoms with Crippen LogP contribution in [-0.4, -0.2) is 42.8 Å². The molecule has 1 N–H and O–H groups in total. The van der Waals surface area contributed by atoms with Crippen LogP contribution < -0.4 is 10.2 Å². The number of benzene rings is 2. The molecule has 1 atom stereocenters. The predicted octanol–water partition coefficient (Wildman–Crippen LogP) is 3.09. The number of aromatic hydroxyl groups is 1. The summed E-state index contributed by atoms with van der Waals surface area (Å²) >= 11 is 0. The van der Waals surface area contributed by atoms with Crippen molar-refractivity contribution in [3.05, 3.63) is 69.6 Å². The van der Waals surface area contributed by atoms with Gasteiger partial charge in [-0.15, -0.1) is 0 Å². The van der Waals surface area contributed by atoms with E-state index in [0.717, 1.165) is 0 Å². The number of nitrogens with zero attached hydrogens (tertiary/aromatic N) is 1. The molecule has 0 radical (unpaired) electrons. The lowest BCUT2D eigenvalue weighted by Gasteiger charge is -2.25. The smallest absolute Gasteiger partial charge is 0.290 e. The van der Waals surface area contributed by atoms with Crippen LogP contribution in [0.2, 0.25) is 0 Å². The van der Waals surface area contributed by atoms with E-state index in [2.05, 4.69) is 0 Å². The first-order chi connectivity index (χ1) is 14.1. The maximum absolute atomic E-state index is 13.3. The summed E-state index contributed by atoms with van der Waals surface area (Å²) in [6, 6.07) is 11.0. The lowest BCUT2D eigenvalue weighted by molar-refractivity contribution is 0.0663. The molecule has 0 saturated carbocycles. The summed E-state index contributed by atoms with van der Waals surface area (Å²) in [7, 11) is 1.55. The Bertz CT molecular complexity index is 1140. The van der Waals surface area contributed by atoms with Crippen molar-refractivity contribution in [2.75, 3.05) is 26.9 Å². The third-order valence-corrected chi connectivity index (χ3v) is 5.01.